The van der Waals surface area contributed by atoms with Crippen LogP contribution in [-0.4, -0.2) is 41.4 Å². The van der Waals surface area contributed by atoms with Crippen LogP contribution < -0.4 is 5.32 Å². The maximum Gasteiger partial charge on any atom is 0.224 e. The highest BCUT2D eigenvalue weighted by Crippen LogP contribution is 2.33. The minimum atomic E-state index is 0.267. The zero-order valence-corrected chi connectivity index (χ0v) is 15.2. The second kappa shape index (κ2) is 7.63. The van der Waals surface area contributed by atoms with Crippen LogP contribution in [0, 0.1) is 0 Å². The lowest BCUT2D eigenvalue weighted by Crippen LogP contribution is -2.44. The Balaban J connectivity index is 1.56. The number of benzene rings is 2. The van der Waals surface area contributed by atoms with Crippen molar-refractivity contribution in [1.82, 2.24) is 10.2 Å². The number of nitrogens with zero attached hydrogens (tertiary/aromatic N) is 1. The molecule has 2 unspecified atom stereocenters. The van der Waals surface area contributed by atoms with E-state index < -0.39 is 0 Å². The Kier molecular flexibility index (Phi) is 5.09. The summed E-state index contributed by atoms with van der Waals surface area (Å²) < 4.78 is 0. The van der Waals surface area contributed by atoms with Gasteiger partial charge < -0.3 is 10.2 Å². The van der Waals surface area contributed by atoms with Gasteiger partial charge in [-0.05, 0) is 16.7 Å². The molecule has 2 atom stereocenters. The van der Waals surface area contributed by atoms with Crippen molar-refractivity contribution in [3.63, 3.8) is 0 Å². The summed E-state index contributed by atoms with van der Waals surface area (Å²) >= 11 is 1.94. The number of thioether (sulfide) groups is 1. The van der Waals surface area contributed by atoms with Crippen molar-refractivity contribution in [3.05, 3.63) is 71.3 Å². The molecule has 0 aliphatic carbocycles. The fourth-order valence-corrected chi connectivity index (χ4v) is 4.81. The van der Waals surface area contributed by atoms with Gasteiger partial charge in [-0.2, -0.15) is 11.8 Å². The number of carbonyl (C=O) groups excluding carboxylic acids is 1. The summed E-state index contributed by atoms with van der Waals surface area (Å²) in [5.74, 6) is 2.73. The minimum Gasteiger partial charge on any atom is -0.337 e. The molecule has 4 rings (SSSR count). The van der Waals surface area contributed by atoms with Crippen molar-refractivity contribution in [2.45, 2.75) is 24.9 Å². The summed E-state index contributed by atoms with van der Waals surface area (Å²) in [4.78, 5) is 15.0. The molecule has 0 saturated carbocycles. The summed E-state index contributed by atoms with van der Waals surface area (Å²) in [7, 11) is 0. The number of rotatable bonds is 3. The van der Waals surface area contributed by atoms with Crippen molar-refractivity contribution in [2.75, 3.05) is 24.6 Å². The smallest absolute Gasteiger partial charge is 0.224 e. The van der Waals surface area contributed by atoms with Crippen LogP contribution in [0.3, 0.4) is 0 Å². The fraction of sp³-hybridized carbons (Fsp3) is 0.381. The van der Waals surface area contributed by atoms with E-state index in [4.69, 9.17) is 0 Å². The van der Waals surface area contributed by atoms with Crippen LogP contribution in [0.1, 0.15) is 29.0 Å². The molecule has 2 heterocycles. The zero-order valence-electron chi connectivity index (χ0n) is 14.4. The third-order valence-corrected chi connectivity index (χ3v) is 6.30. The van der Waals surface area contributed by atoms with Gasteiger partial charge in [0.05, 0.1) is 0 Å². The Labute approximate surface area is 153 Å². The van der Waals surface area contributed by atoms with Crippen LogP contribution in [0.15, 0.2) is 54.6 Å². The van der Waals surface area contributed by atoms with Gasteiger partial charge >= 0.3 is 0 Å². The first kappa shape index (κ1) is 16.7. The van der Waals surface area contributed by atoms with Gasteiger partial charge in [0.1, 0.15) is 0 Å². The molecule has 1 amide bonds. The molecule has 25 heavy (non-hydrogen) atoms. The summed E-state index contributed by atoms with van der Waals surface area (Å²) in [6.45, 7) is 2.52. The SMILES string of the molecule is O=C(CC1CSCCN1)N1Cc2ccccc2C(c2ccccc2)C1. The molecule has 0 bridgehead atoms. The lowest BCUT2D eigenvalue weighted by molar-refractivity contribution is -0.132. The van der Waals surface area contributed by atoms with Gasteiger partial charge in [0.25, 0.3) is 0 Å². The predicted octanol–water partition coefficient (Wildman–Crippen LogP) is 3.26. The van der Waals surface area contributed by atoms with E-state index in [1.54, 1.807) is 0 Å². The topological polar surface area (TPSA) is 32.3 Å². The molecule has 0 aromatic heterocycles. The molecule has 130 valence electrons. The fourth-order valence-electron chi connectivity index (χ4n) is 3.86. The molecular weight excluding hydrogens is 328 g/mol. The van der Waals surface area contributed by atoms with Crippen LogP contribution in [-0.2, 0) is 11.3 Å². The third kappa shape index (κ3) is 3.75. The quantitative estimate of drug-likeness (QED) is 0.920. The van der Waals surface area contributed by atoms with Gasteiger partial charge in [-0.1, -0.05) is 54.6 Å². The first-order chi connectivity index (χ1) is 12.3. The summed E-state index contributed by atoms with van der Waals surface area (Å²) in [5, 5.41) is 3.48. The van der Waals surface area contributed by atoms with Gasteiger partial charge in [-0.25, -0.2) is 0 Å². The second-order valence-corrected chi connectivity index (χ2v) is 8.02. The van der Waals surface area contributed by atoms with Crippen LogP contribution in [0.25, 0.3) is 0 Å². The minimum absolute atomic E-state index is 0.267. The molecule has 2 aliphatic heterocycles. The van der Waals surface area contributed by atoms with Crippen LogP contribution in [0.4, 0.5) is 0 Å². The predicted molar refractivity (Wildman–Crippen MR) is 104 cm³/mol. The number of hydrogen-bond acceptors (Lipinski definition) is 3. The molecule has 1 fully saturated rings. The Bertz CT molecular complexity index is 728. The standard InChI is InChI=1S/C21H24N2OS/c24-21(12-18-15-25-11-10-22-18)23-13-17-8-4-5-9-19(17)20(14-23)16-6-2-1-3-7-16/h1-9,18,20,22H,10-15H2. The molecule has 2 aromatic rings. The van der Waals surface area contributed by atoms with Crippen LogP contribution in [0.2, 0.25) is 0 Å². The molecule has 0 spiro atoms. The van der Waals surface area contributed by atoms with Crippen molar-refractivity contribution in [3.8, 4) is 0 Å². The third-order valence-electron chi connectivity index (χ3n) is 5.17. The average molecular weight is 353 g/mol. The van der Waals surface area contributed by atoms with E-state index in [1.807, 2.05) is 17.8 Å². The highest BCUT2D eigenvalue weighted by molar-refractivity contribution is 7.99. The average Bonchev–Trinajstić information content (AvgIpc) is 2.68. The van der Waals surface area contributed by atoms with Crippen molar-refractivity contribution in [1.29, 1.82) is 0 Å². The molecular formula is C21H24N2OS. The highest BCUT2D eigenvalue weighted by atomic mass is 32.2. The van der Waals surface area contributed by atoms with E-state index in [1.165, 1.54) is 16.7 Å². The lowest BCUT2D eigenvalue weighted by Gasteiger charge is -2.36. The number of fused-ring (bicyclic) bond motifs is 1. The maximum absolute atomic E-state index is 12.9. The van der Waals surface area contributed by atoms with E-state index in [9.17, 15) is 4.79 Å². The van der Waals surface area contributed by atoms with Crippen molar-refractivity contribution < 1.29 is 4.79 Å². The first-order valence-corrected chi connectivity index (χ1v) is 10.2. The number of amides is 1. The summed E-state index contributed by atoms with van der Waals surface area (Å²) in [6, 6.07) is 19.5. The molecule has 1 saturated heterocycles. The largest absolute Gasteiger partial charge is 0.337 e. The zero-order chi connectivity index (χ0) is 17.1. The van der Waals surface area contributed by atoms with Gasteiger partial charge in [-0.3, -0.25) is 4.79 Å². The van der Waals surface area contributed by atoms with E-state index in [-0.39, 0.29) is 11.8 Å². The van der Waals surface area contributed by atoms with Crippen molar-refractivity contribution in [2.24, 2.45) is 0 Å². The van der Waals surface area contributed by atoms with E-state index >= 15 is 0 Å². The summed E-state index contributed by atoms with van der Waals surface area (Å²) in [5.41, 5.74) is 3.94. The molecule has 2 aliphatic rings. The normalized spacial score (nSPS) is 23.1. The second-order valence-electron chi connectivity index (χ2n) is 6.87. The van der Waals surface area contributed by atoms with Crippen LogP contribution in [0.5, 0.6) is 0 Å². The van der Waals surface area contributed by atoms with Gasteiger partial charge in [0.15, 0.2) is 0 Å². The monoisotopic (exact) mass is 352 g/mol. The lowest BCUT2D eigenvalue weighted by atomic mass is 9.84. The number of hydrogen-bond donors (Lipinski definition) is 1. The number of nitrogens with one attached hydrogen (secondary N) is 1. The van der Waals surface area contributed by atoms with Gasteiger partial charge in [-0.15, -0.1) is 0 Å². The van der Waals surface area contributed by atoms with Gasteiger partial charge in [0.2, 0.25) is 5.91 Å². The summed E-state index contributed by atoms with van der Waals surface area (Å²) in [6.07, 6.45) is 0.608. The molecule has 4 heteroatoms. The Morgan fingerprint density at radius 2 is 1.92 bits per heavy atom. The first-order valence-electron chi connectivity index (χ1n) is 9.03. The van der Waals surface area contributed by atoms with E-state index in [2.05, 4.69) is 58.7 Å². The Hall–Kier alpha value is -1.78. The molecule has 3 nitrogen and oxygen atoms in total. The molecule has 0 radical (unpaired) electrons. The Morgan fingerprint density at radius 3 is 2.72 bits per heavy atom. The highest BCUT2D eigenvalue weighted by Gasteiger charge is 2.30. The number of carbonyl (C=O) groups is 1. The van der Waals surface area contributed by atoms with Crippen molar-refractivity contribution >= 4 is 17.7 Å². The van der Waals surface area contributed by atoms with Gasteiger partial charge in [0, 0.05) is 49.5 Å². The Morgan fingerprint density at radius 1 is 1.12 bits per heavy atom. The molecule has 1 N–H and O–H groups in total. The van der Waals surface area contributed by atoms with E-state index in [0.29, 0.717) is 12.5 Å². The van der Waals surface area contributed by atoms with Crippen LogP contribution >= 0.6 is 11.8 Å². The molecule has 2 aromatic carbocycles. The van der Waals surface area contributed by atoms with E-state index in [0.717, 1.165) is 31.1 Å². The maximum atomic E-state index is 12.9.